The molecule has 3 aromatic rings. The Hall–Kier alpha value is -4.26. The van der Waals surface area contributed by atoms with Crippen LogP contribution in [0.4, 0.5) is 0 Å². The number of hydrogen-bond acceptors (Lipinski definition) is 8. The molecule has 2 amide bonds. The molecule has 1 aliphatic rings. The molecule has 0 bridgehead atoms. The van der Waals surface area contributed by atoms with Crippen molar-refractivity contribution in [2.45, 2.75) is 56.4 Å². The predicted octanol–water partition coefficient (Wildman–Crippen LogP) is -0.0115. The van der Waals surface area contributed by atoms with E-state index in [4.69, 9.17) is 9.47 Å². The lowest BCUT2D eigenvalue weighted by Gasteiger charge is -2.20. The highest BCUT2D eigenvalue weighted by Crippen LogP contribution is 2.30. The summed E-state index contributed by atoms with van der Waals surface area (Å²) in [7, 11) is 1.57. The number of H-pyrrole nitrogens is 1. The highest BCUT2D eigenvalue weighted by molar-refractivity contribution is 5.87. The van der Waals surface area contributed by atoms with Crippen LogP contribution in [0.25, 0.3) is 0 Å². The topological polar surface area (TPSA) is 172 Å². The normalized spacial score (nSPS) is 21.0. The second-order valence-corrected chi connectivity index (χ2v) is 9.48. The average Bonchev–Trinajstić information content (AvgIpc) is 3.23. The summed E-state index contributed by atoms with van der Waals surface area (Å²) < 4.78 is 11.8. The highest BCUT2D eigenvalue weighted by Gasteiger charge is 2.44. The van der Waals surface area contributed by atoms with Crippen LogP contribution in [0.3, 0.4) is 0 Å². The number of hydrogen-bond donors (Lipinski definition) is 5. The molecular formula is C28H32N4O8. The van der Waals surface area contributed by atoms with Crippen molar-refractivity contribution >= 4 is 11.8 Å². The van der Waals surface area contributed by atoms with Gasteiger partial charge in [-0.1, -0.05) is 42.5 Å². The van der Waals surface area contributed by atoms with E-state index in [1.807, 2.05) is 42.5 Å². The van der Waals surface area contributed by atoms with Crippen molar-refractivity contribution in [3.63, 3.8) is 0 Å². The van der Waals surface area contributed by atoms with E-state index in [9.17, 15) is 29.4 Å². The SMILES string of the molecule is COc1ccc(CNC(=O)[C@H](Cc2ccccc2)NC(=O)CC[C@H]2O[C@@H](n3ccc(=O)[nH]c3=O)[C@H](O)[C@@H]2O)cc1. The second kappa shape index (κ2) is 13.2. The molecule has 5 atom stereocenters. The van der Waals surface area contributed by atoms with Crippen LogP contribution in [-0.4, -0.2) is 63.0 Å². The number of aliphatic hydroxyl groups excluding tert-OH is 2. The lowest BCUT2D eigenvalue weighted by molar-refractivity contribution is -0.129. The zero-order valence-electron chi connectivity index (χ0n) is 21.9. The van der Waals surface area contributed by atoms with Gasteiger partial charge < -0.3 is 30.3 Å². The van der Waals surface area contributed by atoms with E-state index in [-0.39, 0.29) is 31.7 Å². The number of nitrogens with zero attached hydrogens (tertiary/aromatic N) is 1. The maximum absolute atomic E-state index is 13.1. The van der Waals surface area contributed by atoms with Crippen molar-refractivity contribution in [1.29, 1.82) is 0 Å². The molecule has 0 spiro atoms. The summed E-state index contributed by atoms with van der Waals surface area (Å²) in [6.45, 7) is 0.259. The van der Waals surface area contributed by atoms with Crippen LogP contribution in [0.5, 0.6) is 5.75 Å². The molecule has 4 rings (SSSR count). The quantitative estimate of drug-likeness (QED) is 0.221. The molecule has 1 fully saturated rings. The van der Waals surface area contributed by atoms with Crippen molar-refractivity contribution < 1.29 is 29.3 Å². The van der Waals surface area contributed by atoms with Crippen LogP contribution < -0.4 is 26.6 Å². The number of benzene rings is 2. The molecule has 1 aliphatic heterocycles. The largest absolute Gasteiger partial charge is 0.497 e. The third-order valence-electron chi connectivity index (χ3n) is 6.68. The molecule has 0 aliphatic carbocycles. The minimum Gasteiger partial charge on any atom is -0.497 e. The summed E-state index contributed by atoms with van der Waals surface area (Å²) in [5, 5.41) is 26.5. The monoisotopic (exact) mass is 552 g/mol. The van der Waals surface area contributed by atoms with E-state index >= 15 is 0 Å². The summed E-state index contributed by atoms with van der Waals surface area (Å²) in [4.78, 5) is 51.5. The van der Waals surface area contributed by atoms with E-state index in [1.54, 1.807) is 19.2 Å². The second-order valence-electron chi connectivity index (χ2n) is 9.48. The molecule has 12 heteroatoms. The number of amides is 2. The van der Waals surface area contributed by atoms with Crippen LogP contribution in [-0.2, 0) is 27.3 Å². The molecule has 40 heavy (non-hydrogen) atoms. The van der Waals surface area contributed by atoms with Gasteiger partial charge in [-0.25, -0.2) is 4.79 Å². The van der Waals surface area contributed by atoms with Crippen molar-refractivity contribution in [1.82, 2.24) is 20.2 Å². The Bertz CT molecular complexity index is 1410. The van der Waals surface area contributed by atoms with Gasteiger partial charge in [-0.3, -0.25) is 23.9 Å². The van der Waals surface area contributed by atoms with E-state index < -0.39 is 47.7 Å². The maximum atomic E-state index is 13.1. The number of rotatable bonds is 11. The van der Waals surface area contributed by atoms with Crippen LogP contribution in [0.1, 0.15) is 30.2 Å². The number of ether oxygens (including phenoxy) is 2. The molecule has 0 saturated carbocycles. The minimum atomic E-state index is -1.45. The first-order chi connectivity index (χ1) is 19.2. The fourth-order valence-corrected chi connectivity index (χ4v) is 4.48. The van der Waals surface area contributed by atoms with Gasteiger partial charge in [-0.15, -0.1) is 0 Å². The zero-order chi connectivity index (χ0) is 28.6. The smallest absolute Gasteiger partial charge is 0.330 e. The highest BCUT2D eigenvalue weighted by atomic mass is 16.6. The molecule has 12 nitrogen and oxygen atoms in total. The molecule has 2 aromatic carbocycles. The van der Waals surface area contributed by atoms with Gasteiger partial charge in [0.25, 0.3) is 5.56 Å². The predicted molar refractivity (Wildman–Crippen MR) is 143 cm³/mol. The summed E-state index contributed by atoms with van der Waals surface area (Å²) in [5.74, 6) is -0.112. The van der Waals surface area contributed by atoms with Crippen LogP contribution >= 0.6 is 0 Å². The van der Waals surface area contributed by atoms with Crippen LogP contribution in [0.2, 0.25) is 0 Å². The molecule has 212 valence electrons. The van der Waals surface area contributed by atoms with Gasteiger partial charge in [0, 0.05) is 31.6 Å². The Morgan fingerprint density at radius 2 is 1.75 bits per heavy atom. The number of nitrogens with one attached hydrogen (secondary N) is 3. The molecule has 5 N–H and O–H groups in total. The number of aromatic nitrogens is 2. The molecule has 0 radical (unpaired) electrons. The average molecular weight is 553 g/mol. The van der Waals surface area contributed by atoms with E-state index in [0.29, 0.717) is 5.75 Å². The first-order valence-electron chi connectivity index (χ1n) is 12.8. The Morgan fingerprint density at radius 3 is 2.42 bits per heavy atom. The molecule has 1 saturated heterocycles. The van der Waals surface area contributed by atoms with Gasteiger partial charge in [0.15, 0.2) is 6.23 Å². The molecular weight excluding hydrogens is 520 g/mol. The third kappa shape index (κ3) is 7.23. The number of carbonyl (C=O) groups is 2. The molecule has 0 unspecified atom stereocenters. The molecule has 2 heterocycles. The Balaban J connectivity index is 1.36. The first kappa shape index (κ1) is 28.7. The van der Waals surface area contributed by atoms with Gasteiger partial charge in [-0.2, -0.15) is 0 Å². The van der Waals surface area contributed by atoms with Crippen molar-refractivity contribution in [3.8, 4) is 5.75 Å². The summed E-state index contributed by atoms with van der Waals surface area (Å²) >= 11 is 0. The lowest BCUT2D eigenvalue weighted by atomic mass is 10.0. The Kier molecular flexibility index (Phi) is 9.48. The van der Waals surface area contributed by atoms with Crippen molar-refractivity contribution in [2.75, 3.05) is 7.11 Å². The summed E-state index contributed by atoms with van der Waals surface area (Å²) in [6.07, 6.45) is -3.68. The van der Waals surface area contributed by atoms with Gasteiger partial charge in [0.1, 0.15) is 24.0 Å². The van der Waals surface area contributed by atoms with Gasteiger partial charge in [-0.05, 0) is 29.7 Å². The Labute approximate surface area is 229 Å². The van der Waals surface area contributed by atoms with E-state index in [2.05, 4.69) is 15.6 Å². The van der Waals surface area contributed by atoms with E-state index in [1.165, 1.54) is 0 Å². The van der Waals surface area contributed by atoms with E-state index in [0.717, 1.165) is 28.0 Å². The van der Waals surface area contributed by atoms with Crippen molar-refractivity contribution in [3.05, 3.63) is 98.8 Å². The Morgan fingerprint density at radius 1 is 1.02 bits per heavy atom. The number of carbonyl (C=O) groups excluding carboxylic acids is 2. The number of aromatic amines is 1. The van der Waals surface area contributed by atoms with Crippen LogP contribution in [0.15, 0.2) is 76.4 Å². The summed E-state index contributed by atoms with van der Waals surface area (Å²) in [5.41, 5.74) is 0.312. The fourth-order valence-electron chi connectivity index (χ4n) is 4.48. The van der Waals surface area contributed by atoms with Crippen LogP contribution in [0, 0.1) is 0 Å². The zero-order valence-corrected chi connectivity index (χ0v) is 21.9. The number of aliphatic hydroxyl groups is 2. The third-order valence-corrected chi connectivity index (χ3v) is 6.68. The van der Waals surface area contributed by atoms with Gasteiger partial charge in [0.05, 0.1) is 13.2 Å². The fraction of sp³-hybridized carbons (Fsp3) is 0.357. The minimum absolute atomic E-state index is 0.0180. The van der Waals surface area contributed by atoms with Gasteiger partial charge >= 0.3 is 5.69 Å². The maximum Gasteiger partial charge on any atom is 0.330 e. The van der Waals surface area contributed by atoms with Crippen molar-refractivity contribution in [2.24, 2.45) is 0 Å². The lowest BCUT2D eigenvalue weighted by Crippen LogP contribution is -2.48. The number of methoxy groups -OCH3 is 1. The standard InChI is InChI=1S/C28H32N4O8/c1-39-19-9-7-18(8-10-19)16-29-26(37)20(15-17-5-3-2-4-6-17)30-22(33)12-11-21-24(35)25(36)27(40-21)32-14-13-23(34)31-28(32)38/h2-10,13-14,20-21,24-25,27,35-36H,11-12,15-16H2,1H3,(H,29,37)(H,30,33)(H,31,34,38)/t20-,21+,24+,25+,27+/m0/s1. The first-order valence-corrected chi connectivity index (χ1v) is 12.8. The summed E-state index contributed by atoms with van der Waals surface area (Å²) in [6, 6.07) is 16.7. The molecule has 1 aromatic heterocycles. The van der Waals surface area contributed by atoms with Gasteiger partial charge in [0.2, 0.25) is 11.8 Å².